The quantitative estimate of drug-likeness (QED) is 0.672. The SMILES string of the molecule is COc1cccc(C[C@H](C[C@@H](N)C(=O)O)C(=O)O)c1. The van der Waals surface area contributed by atoms with Crippen molar-refractivity contribution < 1.29 is 24.5 Å². The summed E-state index contributed by atoms with van der Waals surface area (Å²) in [4.78, 5) is 21.8. The second kappa shape index (κ2) is 6.75. The lowest BCUT2D eigenvalue weighted by atomic mass is 9.93. The number of carboxylic acid groups (broad SMARTS) is 2. The largest absolute Gasteiger partial charge is 0.497 e. The number of carbonyl (C=O) groups is 2. The fourth-order valence-corrected chi connectivity index (χ4v) is 1.76. The summed E-state index contributed by atoms with van der Waals surface area (Å²) in [6, 6.07) is 5.83. The third-order valence-corrected chi connectivity index (χ3v) is 2.82. The minimum absolute atomic E-state index is 0.109. The molecule has 1 aromatic rings. The first kappa shape index (κ1) is 15.0. The zero-order chi connectivity index (χ0) is 14.4. The van der Waals surface area contributed by atoms with E-state index < -0.39 is 23.9 Å². The van der Waals surface area contributed by atoms with Crippen LogP contribution in [0, 0.1) is 5.92 Å². The molecule has 0 fully saturated rings. The minimum Gasteiger partial charge on any atom is -0.497 e. The Morgan fingerprint density at radius 2 is 2.00 bits per heavy atom. The van der Waals surface area contributed by atoms with Crippen LogP contribution in [-0.4, -0.2) is 35.3 Å². The number of methoxy groups -OCH3 is 1. The first-order valence-corrected chi connectivity index (χ1v) is 5.78. The van der Waals surface area contributed by atoms with Gasteiger partial charge in [-0.3, -0.25) is 9.59 Å². The van der Waals surface area contributed by atoms with Crippen LogP contribution in [0.15, 0.2) is 24.3 Å². The Morgan fingerprint density at radius 1 is 1.32 bits per heavy atom. The molecule has 0 aliphatic heterocycles. The average molecular weight is 267 g/mol. The predicted octanol–water partition coefficient (Wildman–Crippen LogP) is 0.740. The van der Waals surface area contributed by atoms with Crippen molar-refractivity contribution in [1.29, 1.82) is 0 Å². The molecule has 4 N–H and O–H groups in total. The summed E-state index contributed by atoms with van der Waals surface area (Å²) < 4.78 is 5.05. The molecule has 0 aromatic heterocycles. The van der Waals surface area contributed by atoms with Crippen LogP contribution in [-0.2, 0) is 16.0 Å². The number of ether oxygens (including phenoxy) is 1. The summed E-state index contributed by atoms with van der Waals surface area (Å²) in [5.74, 6) is -2.46. The highest BCUT2D eigenvalue weighted by atomic mass is 16.5. The molecule has 104 valence electrons. The van der Waals surface area contributed by atoms with Crippen LogP contribution in [0.2, 0.25) is 0 Å². The van der Waals surface area contributed by atoms with Crippen LogP contribution < -0.4 is 10.5 Å². The van der Waals surface area contributed by atoms with Crippen molar-refractivity contribution in [2.75, 3.05) is 7.11 Å². The van der Waals surface area contributed by atoms with E-state index in [0.29, 0.717) is 5.75 Å². The molecule has 0 saturated heterocycles. The number of rotatable bonds is 7. The second-order valence-corrected chi connectivity index (χ2v) is 4.27. The van der Waals surface area contributed by atoms with Gasteiger partial charge in [-0.25, -0.2) is 0 Å². The number of nitrogens with two attached hydrogens (primary N) is 1. The van der Waals surface area contributed by atoms with Gasteiger partial charge in [-0.05, 0) is 30.5 Å². The molecule has 1 rings (SSSR count). The van der Waals surface area contributed by atoms with Crippen molar-refractivity contribution >= 4 is 11.9 Å². The highest BCUT2D eigenvalue weighted by Gasteiger charge is 2.24. The number of hydrogen-bond donors (Lipinski definition) is 3. The molecule has 0 amide bonds. The molecule has 19 heavy (non-hydrogen) atoms. The molecule has 2 atom stereocenters. The molecule has 0 aliphatic carbocycles. The molecule has 0 saturated carbocycles. The van der Waals surface area contributed by atoms with E-state index in [4.69, 9.17) is 20.7 Å². The first-order chi connectivity index (χ1) is 8.93. The van der Waals surface area contributed by atoms with Crippen LogP contribution >= 0.6 is 0 Å². The van der Waals surface area contributed by atoms with E-state index >= 15 is 0 Å². The molecule has 0 spiro atoms. The maximum absolute atomic E-state index is 11.1. The average Bonchev–Trinajstić information content (AvgIpc) is 2.37. The number of benzene rings is 1. The van der Waals surface area contributed by atoms with Crippen molar-refractivity contribution in [1.82, 2.24) is 0 Å². The van der Waals surface area contributed by atoms with Crippen molar-refractivity contribution in [3.05, 3.63) is 29.8 Å². The first-order valence-electron chi connectivity index (χ1n) is 5.78. The van der Waals surface area contributed by atoms with Crippen LogP contribution in [0.3, 0.4) is 0 Å². The molecule has 0 aliphatic rings. The highest BCUT2D eigenvalue weighted by molar-refractivity contribution is 5.76. The maximum Gasteiger partial charge on any atom is 0.320 e. The molecular formula is C13H17NO5. The summed E-state index contributed by atoms with van der Waals surface area (Å²) in [6.45, 7) is 0. The summed E-state index contributed by atoms with van der Waals surface area (Å²) in [6.07, 6.45) is 0.107. The van der Waals surface area contributed by atoms with E-state index in [1.54, 1.807) is 24.3 Å². The van der Waals surface area contributed by atoms with Crippen LogP contribution in [0.5, 0.6) is 5.75 Å². The number of hydrogen-bond acceptors (Lipinski definition) is 4. The van der Waals surface area contributed by atoms with Gasteiger partial charge >= 0.3 is 11.9 Å². The van der Waals surface area contributed by atoms with Gasteiger partial charge in [0.25, 0.3) is 0 Å². The molecule has 6 heteroatoms. The van der Waals surface area contributed by atoms with E-state index in [1.165, 1.54) is 7.11 Å². The number of carboxylic acids is 2. The summed E-state index contributed by atoms with van der Waals surface area (Å²) >= 11 is 0. The Morgan fingerprint density at radius 3 is 2.53 bits per heavy atom. The smallest absolute Gasteiger partial charge is 0.320 e. The second-order valence-electron chi connectivity index (χ2n) is 4.27. The summed E-state index contributed by atoms with van der Waals surface area (Å²) in [5, 5.41) is 17.8. The van der Waals surface area contributed by atoms with Gasteiger partial charge in [-0.1, -0.05) is 12.1 Å². The van der Waals surface area contributed by atoms with Crippen LogP contribution in [0.25, 0.3) is 0 Å². The molecule has 0 unspecified atom stereocenters. The van der Waals surface area contributed by atoms with Gasteiger partial charge in [0.15, 0.2) is 0 Å². The van der Waals surface area contributed by atoms with Crippen molar-refractivity contribution in [3.63, 3.8) is 0 Å². The molecule has 0 heterocycles. The lowest BCUT2D eigenvalue weighted by Crippen LogP contribution is -2.35. The summed E-state index contributed by atoms with van der Waals surface area (Å²) in [5.41, 5.74) is 6.15. The van der Waals surface area contributed by atoms with E-state index in [-0.39, 0.29) is 12.8 Å². The molecular weight excluding hydrogens is 250 g/mol. The Labute approximate surface area is 110 Å². The number of aliphatic carboxylic acids is 2. The predicted molar refractivity (Wildman–Crippen MR) is 68.1 cm³/mol. The fourth-order valence-electron chi connectivity index (χ4n) is 1.76. The highest BCUT2D eigenvalue weighted by Crippen LogP contribution is 2.18. The fraction of sp³-hybridized carbons (Fsp3) is 0.385. The normalized spacial score (nSPS) is 13.6. The standard InChI is InChI=1S/C13H17NO5/c1-19-10-4-2-3-8(6-10)5-9(12(15)16)7-11(14)13(17)18/h2-4,6,9,11H,5,7,14H2,1H3,(H,15,16)(H,17,18)/t9-,11-/m1/s1. The van der Waals surface area contributed by atoms with E-state index in [1.807, 2.05) is 0 Å². The molecule has 6 nitrogen and oxygen atoms in total. The van der Waals surface area contributed by atoms with E-state index in [9.17, 15) is 9.59 Å². The van der Waals surface area contributed by atoms with Gasteiger partial charge in [0.1, 0.15) is 11.8 Å². The molecule has 0 radical (unpaired) electrons. The Hall–Kier alpha value is -2.08. The Bertz CT molecular complexity index is 460. The van der Waals surface area contributed by atoms with Gasteiger partial charge in [-0.15, -0.1) is 0 Å². The van der Waals surface area contributed by atoms with Gasteiger partial charge in [0.2, 0.25) is 0 Å². The summed E-state index contributed by atoms with van der Waals surface area (Å²) in [7, 11) is 1.52. The van der Waals surface area contributed by atoms with Crippen molar-refractivity contribution in [2.24, 2.45) is 11.7 Å². The Balaban J connectivity index is 2.78. The minimum atomic E-state index is -1.20. The lowest BCUT2D eigenvalue weighted by Gasteiger charge is -2.15. The Kier molecular flexibility index (Phi) is 5.32. The van der Waals surface area contributed by atoms with Crippen molar-refractivity contribution in [2.45, 2.75) is 18.9 Å². The zero-order valence-electron chi connectivity index (χ0n) is 10.6. The van der Waals surface area contributed by atoms with Gasteiger partial charge in [-0.2, -0.15) is 0 Å². The van der Waals surface area contributed by atoms with Crippen molar-refractivity contribution in [3.8, 4) is 5.75 Å². The van der Waals surface area contributed by atoms with Crippen LogP contribution in [0.4, 0.5) is 0 Å². The third kappa shape index (κ3) is 4.59. The third-order valence-electron chi connectivity index (χ3n) is 2.82. The lowest BCUT2D eigenvalue weighted by molar-refractivity contribution is -0.143. The zero-order valence-corrected chi connectivity index (χ0v) is 10.6. The maximum atomic E-state index is 11.1. The van der Waals surface area contributed by atoms with Crippen LogP contribution in [0.1, 0.15) is 12.0 Å². The monoisotopic (exact) mass is 267 g/mol. The van der Waals surface area contributed by atoms with Gasteiger partial charge in [0, 0.05) is 0 Å². The van der Waals surface area contributed by atoms with E-state index in [0.717, 1.165) is 5.56 Å². The van der Waals surface area contributed by atoms with E-state index in [2.05, 4.69) is 0 Å². The van der Waals surface area contributed by atoms with Gasteiger partial charge in [0.05, 0.1) is 13.0 Å². The molecule has 1 aromatic carbocycles. The topological polar surface area (TPSA) is 110 Å². The molecule has 0 bridgehead atoms. The van der Waals surface area contributed by atoms with Gasteiger partial charge < -0.3 is 20.7 Å².